The molecule has 242 valence electrons. The Morgan fingerprint density at radius 1 is 1.20 bits per heavy atom. The van der Waals surface area contributed by atoms with E-state index in [1.165, 1.54) is 3.97 Å². The first-order valence-electron chi connectivity index (χ1n) is 15.3. The third-order valence-electron chi connectivity index (χ3n) is 8.87. The number of hydrogen-bond acceptors (Lipinski definition) is 9. The summed E-state index contributed by atoms with van der Waals surface area (Å²) in [6.45, 7) is 11.6. The molecular formula is C31H43BrN4O7S. The molecule has 1 aliphatic carbocycles. The van der Waals surface area contributed by atoms with E-state index < -0.39 is 21.7 Å². The summed E-state index contributed by atoms with van der Waals surface area (Å²) < 4.78 is 45.5. The summed E-state index contributed by atoms with van der Waals surface area (Å²) >= 11 is 3.59. The van der Waals surface area contributed by atoms with Gasteiger partial charge in [0, 0.05) is 50.8 Å². The van der Waals surface area contributed by atoms with Gasteiger partial charge in [0.15, 0.2) is 0 Å². The molecular weight excluding hydrogens is 652 g/mol. The summed E-state index contributed by atoms with van der Waals surface area (Å²) in [5.41, 5.74) is 2.09. The van der Waals surface area contributed by atoms with Crippen LogP contribution >= 0.6 is 15.9 Å². The Morgan fingerprint density at radius 3 is 2.64 bits per heavy atom. The zero-order valence-electron chi connectivity index (χ0n) is 26.2. The minimum atomic E-state index is -4.35. The lowest BCUT2D eigenvalue weighted by Gasteiger charge is -2.40. The number of carbonyl (C=O) groups excluding carboxylic acids is 2. The van der Waals surface area contributed by atoms with Gasteiger partial charge in [-0.2, -0.15) is 8.42 Å². The Bertz CT molecular complexity index is 1540. The molecule has 0 unspecified atom stereocenters. The van der Waals surface area contributed by atoms with Crippen LogP contribution in [0.4, 0.5) is 0 Å². The van der Waals surface area contributed by atoms with Crippen LogP contribution in [0.25, 0.3) is 16.5 Å². The predicted molar refractivity (Wildman–Crippen MR) is 171 cm³/mol. The standard InChI is InChI=1S/C31H43BrN4O7S/c1-6-35(7-2)29(37)21-16-23-22-10-8-11-25-27(22)24(17-26(23)33(5)18-21)28(32)36(25)44(39,40)43-19-31(3,4)30(38)42-15-13-34-12-9-14-41-20-34/h8,10-11,16,21,26H,6-7,9,12-15,17-20H2,1-5H3/t21-,26-/m1/s1. The van der Waals surface area contributed by atoms with Gasteiger partial charge in [-0.3, -0.25) is 23.6 Å². The van der Waals surface area contributed by atoms with Crippen LogP contribution < -0.4 is 0 Å². The molecule has 2 aliphatic heterocycles. The number of aromatic nitrogens is 1. The minimum Gasteiger partial charge on any atom is -0.464 e. The van der Waals surface area contributed by atoms with Crippen molar-refractivity contribution in [2.24, 2.45) is 11.3 Å². The molecule has 3 aliphatic rings. The summed E-state index contributed by atoms with van der Waals surface area (Å²) in [6.07, 6.45) is 3.58. The first-order valence-corrected chi connectivity index (χ1v) is 17.5. The average molecular weight is 696 g/mol. The monoisotopic (exact) mass is 694 g/mol. The quantitative estimate of drug-likeness (QED) is 0.327. The van der Waals surface area contributed by atoms with E-state index in [2.05, 4.69) is 31.8 Å². The van der Waals surface area contributed by atoms with E-state index in [9.17, 15) is 18.0 Å². The van der Waals surface area contributed by atoms with Gasteiger partial charge in [0.25, 0.3) is 0 Å². The van der Waals surface area contributed by atoms with E-state index in [0.717, 1.165) is 41.7 Å². The van der Waals surface area contributed by atoms with Gasteiger partial charge in [0.1, 0.15) is 11.2 Å². The number of nitrogens with zero attached hydrogens (tertiary/aromatic N) is 4. The van der Waals surface area contributed by atoms with Gasteiger partial charge in [-0.25, -0.2) is 3.97 Å². The number of ether oxygens (including phenoxy) is 2. The molecule has 5 rings (SSSR count). The van der Waals surface area contributed by atoms with Gasteiger partial charge in [0.05, 0.1) is 30.2 Å². The second kappa shape index (κ2) is 13.2. The normalized spacial score (nSPS) is 21.2. The first-order chi connectivity index (χ1) is 20.9. The highest BCUT2D eigenvalue weighted by atomic mass is 79.9. The lowest BCUT2D eigenvalue weighted by Crippen LogP contribution is -2.47. The average Bonchev–Trinajstić information content (AvgIpc) is 3.30. The van der Waals surface area contributed by atoms with Crippen LogP contribution in [-0.2, 0) is 40.0 Å². The summed E-state index contributed by atoms with van der Waals surface area (Å²) in [6, 6.07) is 5.56. The van der Waals surface area contributed by atoms with Crippen LogP contribution in [0.5, 0.6) is 0 Å². The summed E-state index contributed by atoms with van der Waals surface area (Å²) in [4.78, 5) is 32.3. The number of likely N-dealkylation sites (N-methyl/N-ethyl adjacent to an activating group) is 1. The second-order valence-electron chi connectivity index (χ2n) is 12.4. The Kier molecular flexibility index (Phi) is 9.93. The van der Waals surface area contributed by atoms with Gasteiger partial charge in [-0.05, 0) is 86.3 Å². The molecule has 0 bridgehead atoms. The number of esters is 1. The Hall–Kier alpha value is -2.29. The van der Waals surface area contributed by atoms with Gasteiger partial charge in [-0.1, -0.05) is 18.2 Å². The molecule has 0 N–H and O–H groups in total. The highest BCUT2D eigenvalue weighted by Gasteiger charge is 2.40. The van der Waals surface area contributed by atoms with E-state index in [1.807, 2.05) is 37.9 Å². The van der Waals surface area contributed by atoms with Crippen molar-refractivity contribution < 1.29 is 31.7 Å². The molecule has 0 radical (unpaired) electrons. The van der Waals surface area contributed by atoms with Crippen molar-refractivity contribution >= 4 is 54.6 Å². The number of halogens is 1. The van der Waals surface area contributed by atoms with E-state index in [-0.39, 0.29) is 31.1 Å². The van der Waals surface area contributed by atoms with Crippen molar-refractivity contribution in [2.45, 2.75) is 46.6 Å². The largest absolute Gasteiger partial charge is 0.464 e. The summed E-state index contributed by atoms with van der Waals surface area (Å²) in [5, 5.41) is 0.818. The van der Waals surface area contributed by atoms with Crippen LogP contribution in [0.15, 0.2) is 28.9 Å². The molecule has 0 saturated carbocycles. The molecule has 11 nitrogen and oxygen atoms in total. The number of amides is 1. The van der Waals surface area contributed by atoms with E-state index in [0.29, 0.717) is 49.5 Å². The molecule has 44 heavy (non-hydrogen) atoms. The number of benzene rings is 1. The van der Waals surface area contributed by atoms with Gasteiger partial charge < -0.3 is 14.4 Å². The topological polar surface area (TPSA) is 111 Å². The molecule has 3 heterocycles. The van der Waals surface area contributed by atoms with Crippen LogP contribution in [0.2, 0.25) is 0 Å². The molecule has 1 fully saturated rings. The lowest BCUT2D eigenvalue weighted by atomic mass is 9.79. The van der Waals surface area contributed by atoms with Crippen molar-refractivity contribution in [2.75, 3.05) is 66.3 Å². The third kappa shape index (κ3) is 6.36. The van der Waals surface area contributed by atoms with Crippen LogP contribution in [-0.4, -0.2) is 111 Å². The first kappa shape index (κ1) is 33.1. The number of hydrogen-bond donors (Lipinski definition) is 0. The highest BCUT2D eigenvalue weighted by molar-refractivity contribution is 9.10. The predicted octanol–water partition coefficient (Wildman–Crippen LogP) is 3.50. The molecule has 1 aromatic heterocycles. The Labute approximate surface area is 268 Å². The molecule has 2 aromatic rings. The Morgan fingerprint density at radius 2 is 1.95 bits per heavy atom. The van der Waals surface area contributed by atoms with Gasteiger partial charge in [-0.15, -0.1) is 0 Å². The van der Waals surface area contributed by atoms with Crippen molar-refractivity contribution in [3.8, 4) is 0 Å². The number of fused-ring (bicyclic) bond motifs is 2. The molecule has 1 amide bonds. The summed E-state index contributed by atoms with van der Waals surface area (Å²) in [5.74, 6) is -0.714. The van der Waals surface area contributed by atoms with Crippen molar-refractivity contribution in [3.05, 3.63) is 40.0 Å². The maximum absolute atomic E-state index is 13.7. The van der Waals surface area contributed by atoms with Crippen LogP contribution in [0, 0.1) is 11.3 Å². The number of carbonyl (C=O) groups is 2. The summed E-state index contributed by atoms with van der Waals surface area (Å²) in [7, 11) is -2.33. The lowest BCUT2D eigenvalue weighted by molar-refractivity contribution is -0.156. The maximum atomic E-state index is 13.7. The fraction of sp³-hybridized carbons (Fsp3) is 0.613. The fourth-order valence-electron chi connectivity index (χ4n) is 6.33. The molecule has 0 spiro atoms. The molecule has 1 saturated heterocycles. The number of rotatable bonds is 11. The van der Waals surface area contributed by atoms with Gasteiger partial charge in [0.2, 0.25) is 5.91 Å². The second-order valence-corrected chi connectivity index (χ2v) is 14.6. The van der Waals surface area contributed by atoms with Gasteiger partial charge >= 0.3 is 16.3 Å². The maximum Gasteiger partial charge on any atom is 0.367 e. The zero-order chi connectivity index (χ0) is 31.8. The smallest absolute Gasteiger partial charge is 0.367 e. The van der Waals surface area contributed by atoms with E-state index >= 15 is 0 Å². The highest BCUT2D eigenvalue weighted by Crippen LogP contribution is 2.45. The van der Waals surface area contributed by atoms with Crippen molar-refractivity contribution in [1.82, 2.24) is 18.7 Å². The SMILES string of the molecule is CCN(CC)C(=O)[C@@H]1C=C2c3cccc4c3c(c(Br)n4S(=O)(=O)OCC(C)(C)C(=O)OCCN3CCCOC3)C[C@H]2N(C)C1. The fourth-order valence-corrected chi connectivity index (χ4v) is 8.66. The van der Waals surface area contributed by atoms with E-state index in [1.54, 1.807) is 19.9 Å². The molecule has 13 heteroatoms. The van der Waals surface area contributed by atoms with E-state index in [4.69, 9.17) is 13.7 Å². The van der Waals surface area contributed by atoms with Crippen molar-refractivity contribution in [1.29, 1.82) is 0 Å². The Balaban J connectivity index is 1.38. The van der Waals surface area contributed by atoms with Crippen LogP contribution in [0.3, 0.4) is 0 Å². The minimum absolute atomic E-state index is 0.00479. The molecule has 2 atom stereocenters. The molecule has 1 aromatic carbocycles. The van der Waals surface area contributed by atoms with Crippen molar-refractivity contribution in [3.63, 3.8) is 0 Å². The van der Waals surface area contributed by atoms with Crippen LogP contribution in [0.1, 0.15) is 45.2 Å². The third-order valence-corrected chi connectivity index (χ3v) is 11.2. The zero-order valence-corrected chi connectivity index (χ0v) is 28.6.